The molecular formula is C26H29N3O6. The van der Waals surface area contributed by atoms with Crippen molar-refractivity contribution in [3.05, 3.63) is 59.6 Å². The Morgan fingerprint density at radius 3 is 2.49 bits per heavy atom. The Morgan fingerprint density at radius 1 is 1.17 bits per heavy atom. The molecule has 1 heterocycles. The molecule has 3 rings (SSSR count). The van der Waals surface area contributed by atoms with Crippen LogP contribution in [0, 0.1) is 6.92 Å². The number of nitrogens with one attached hydrogen (secondary N) is 1. The van der Waals surface area contributed by atoms with Crippen molar-refractivity contribution in [2.45, 2.75) is 39.5 Å². The van der Waals surface area contributed by atoms with Gasteiger partial charge in [0.05, 0.1) is 25.5 Å². The van der Waals surface area contributed by atoms with Gasteiger partial charge in [-0.15, -0.1) is 0 Å². The summed E-state index contributed by atoms with van der Waals surface area (Å²) in [5.41, 5.74) is 7.74. The molecule has 2 amide bonds. The van der Waals surface area contributed by atoms with Crippen molar-refractivity contribution < 1.29 is 28.3 Å². The van der Waals surface area contributed by atoms with E-state index in [4.69, 9.17) is 19.6 Å². The largest absolute Gasteiger partial charge is 0.496 e. The highest BCUT2D eigenvalue weighted by Gasteiger charge is 2.31. The number of aryl methyl sites for hydroxylation is 1. The van der Waals surface area contributed by atoms with Gasteiger partial charge in [-0.3, -0.25) is 14.4 Å². The minimum Gasteiger partial charge on any atom is -0.496 e. The maximum Gasteiger partial charge on any atom is 0.313 e. The van der Waals surface area contributed by atoms with Crippen LogP contribution in [0.15, 0.2) is 47.3 Å². The van der Waals surface area contributed by atoms with Gasteiger partial charge < -0.3 is 24.9 Å². The van der Waals surface area contributed by atoms with Crippen molar-refractivity contribution in [2.75, 3.05) is 19.0 Å². The lowest BCUT2D eigenvalue weighted by molar-refractivity contribution is -0.134. The molecule has 0 atom stereocenters. The molecule has 0 bridgehead atoms. The Balaban J connectivity index is 1.94. The third-order valence-electron chi connectivity index (χ3n) is 5.78. The summed E-state index contributed by atoms with van der Waals surface area (Å²) in [5, 5.41) is 2.58. The molecule has 35 heavy (non-hydrogen) atoms. The van der Waals surface area contributed by atoms with Crippen LogP contribution in [-0.4, -0.2) is 36.3 Å². The molecule has 0 spiro atoms. The summed E-state index contributed by atoms with van der Waals surface area (Å²) in [6.07, 6.45) is 3.40. The van der Waals surface area contributed by atoms with Crippen LogP contribution >= 0.6 is 0 Å². The summed E-state index contributed by atoms with van der Waals surface area (Å²) >= 11 is 0. The number of rotatable bonds is 9. The Kier molecular flexibility index (Phi) is 7.58. The first-order chi connectivity index (χ1) is 16.5. The van der Waals surface area contributed by atoms with Gasteiger partial charge in [-0.25, -0.2) is 4.98 Å². The van der Waals surface area contributed by atoms with Gasteiger partial charge in [-0.05, 0) is 61.6 Å². The second-order valence-corrected chi connectivity index (χ2v) is 8.77. The number of hydrogen-bond donors (Lipinski definition) is 2. The number of hydrogen-bond acceptors (Lipinski definition) is 7. The summed E-state index contributed by atoms with van der Waals surface area (Å²) in [7, 11) is 1.52. The number of methoxy groups -OCH3 is 1. The number of Topliss-reactive ketones (excluding diaryl/α,β-unsaturated/α-hetero) is 1. The van der Waals surface area contributed by atoms with E-state index in [0.29, 0.717) is 52.7 Å². The smallest absolute Gasteiger partial charge is 0.313 e. The van der Waals surface area contributed by atoms with E-state index in [2.05, 4.69) is 10.3 Å². The molecule has 0 fully saturated rings. The zero-order valence-corrected chi connectivity index (χ0v) is 20.4. The minimum absolute atomic E-state index is 0.000505. The molecular weight excluding hydrogens is 450 g/mol. The Morgan fingerprint density at radius 2 is 1.91 bits per heavy atom. The molecule has 0 radical (unpaired) electrons. The average molecular weight is 480 g/mol. The molecule has 3 aromatic rings. The Bertz CT molecular complexity index is 1250. The molecule has 9 nitrogen and oxygen atoms in total. The monoisotopic (exact) mass is 479 g/mol. The number of nitrogens with two attached hydrogens (primary N) is 1. The minimum atomic E-state index is -1.10. The number of oxazole rings is 1. The first kappa shape index (κ1) is 25.5. The van der Waals surface area contributed by atoms with Gasteiger partial charge in [0.25, 0.3) is 0 Å². The Hall–Kier alpha value is -4.14. The van der Waals surface area contributed by atoms with Crippen molar-refractivity contribution in [1.82, 2.24) is 4.98 Å². The zero-order chi connectivity index (χ0) is 25.8. The average Bonchev–Trinajstić information content (AvgIpc) is 3.32. The number of amides is 2. The van der Waals surface area contributed by atoms with Crippen LogP contribution in [0.4, 0.5) is 5.69 Å². The van der Waals surface area contributed by atoms with Crippen molar-refractivity contribution >= 4 is 23.3 Å². The van der Waals surface area contributed by atoms with Crippen molar-refractivity contribution in [2.24, 2.45) is 5.73 Å². The van der Waals surface area contributed by atoms with Gasteiger partial charge in [0.2, 0.25) is 0 Å². The molecule has 0 aliphatic rings. The van der Waals surface area contributed by atoms with Crippen LogP contribution in [-0.2, 0) is 15.0 Å². The number of carbonyl (C=O) groups is 3. The summed E-state index contributed by atoms with van der Waals surface area (Å²) in [4.78, 5) is 39.2. The van der Waals surface area contributed by atoms with Crippen LogP contribution in [0.5, 0.6) is 11.5 Å². The molecule has 3 N–H and O–H groups in total. The fourth-order valence-corrected chi connectivity index (χ4v) is 3.97. The third kappa shape index (κ3) is 5.68. The lowest BCUT2D eigenvalue weighted by Crippen LogP contribution is -2.31. The van der Waals surface area contributed by atoms with E-state index in [0.717, 1.165) is 5.56 Å². The van der Waals surface area contributed by atoms with E-state index in [1.54, 1.807) is 30.5 Å². The number of nitrogens with zero attached hydrogens (tertiary/aromatic N) is 1. The molecule has 0 saturated carbocycles. The maximum atomic E-state index is 12.1. The number of aromatic nitrogens is 1. The number of primary amides is 1. The van der Waals surface area contributed by atoms with E-state index in [1.165, 1.54) is 20.4 Å². The number of carbonyl (C=O) groups excluding carboxylic acids is 3. The fourth-order valence-electron chi connectivity index (χ4n) is 3.97. The number of ketones is 1. The van der Waals surface area contributed by atoms with Gasteiger partial charge in [-0.1, -0.05) is 13.8 Å². The van der Waals surface area contributed by atoms with E-state index < -0.39 is 17.2 Å². The highest BCUT2D eigenvalue weighted by Crippen LogP contribution is 2.45. The SMILES string of the molecule is COc1c(-c2cnco2)ccc(NC(=O)C(N)=O)c1C(C)(C)CCOc1ccc(C(C)=O)c(C)c1. The topological polar surface area (TPSA) is 134 Å². The Labute approximate surface area is 203 Å². The standard InChI is InChI=1S/C26H29N3O6/c1-15-12-17(6-7-18(15)16(2)30)34-11-10-26(3,4)22-20(29-25(32)24(27)31)9-8-19(23(22)33-5)21-13-28-14-35-21/h6-9,12-14H,10-11H2,1-5H3,(H2,27,31)(H,29,32). The van der Waals surface area contributed by atoms with Gasteiger partial charge >= 0.3 is 11.8 Å². The fraction of sp³-hybridized carbons (Fsp3) is 0.308. The molecule has 9 heteroatoms. The van der Waals surface area contributed by atoms with E-state index in [1.807, 2.05) is 26.8 Å². The van der Waals surface area contributed by atoms with Crippen LogP contribution in [0.3, 0.4) is 0 Å². The first-order valence-corrected chi connectivity index (χ1v) is 11.0. The molecule has 0 unspecified atom stereocenters. The molecule has 0 aliphatic heterocycles. The third-order valence-corrected chi connectivity index (χ3v) is 5.78. The first-order valence-electron chi connectivity index (χ1n) is 11.0. The molecule has 1 aromatic heterocycles. The highest BCUT2D eigenvalue weighted by atomic mass is 16.5. The zero-order valence-electron chi connectivity index (χ0n) is 20.4. The predicted molar refractivity (Wildman–Crippen MR) is 131 cm³/mol. The summed E-state index contributed by atoms with van der Waals surface area (Å²) in [5.74, 6) is -0.430. The van der Waals surface area contributed by atoms with Crippen molar-refractivity contribution in [3.8, 4) is 22.8 Å². The second-order valence-electron chi connectivity index (χ2n) is 8.77. The number of benzene rings is 2. The van der Waals surface area contributed by atoms with Crippen LogP contribution in [0.2, 0.25) is 0 Å². The van der Waals surface area contributed by atoms with E-state index in [9.17, 15) is 14.4 Å². The quantitative estimate of drug-likeness (QED) is 0.349. The number of ether oxygens (including phenoxy) is 2. The lowest BCUT2D eigenvalue weighted by Gasteiger charge is -2.30. The molecule has 0 saturated heterocycles. The van der Waals surface area contributed by atoms with Crippen molar-refractivity contribution in [3.63, 3.8) is 0 Å². The van der Waals surface area contributed by atoms with Gasteiger partial charge in [0, 0.05) is 16.8 Å². The number of anilines is 1. The van der Waals surface area contributed by atoms with E-state index >= 15 is 0 Å². The van der Waals surface area contributed by atoms with Crippen LogP contribution in [0.1, 0.15) is 48.7 Å². The predicted octanol–water partition coefficient (Wildman–Crippen LogP) is 4.03. The van der Waals surface area contributed by atoms with Crippen molar-refractivity contribution in [1.29, 1.82) is 0 Å². The maximum absolute atomic E-state index is 12.1. The van der Waals surface area contributed by atoms with Gasteiger partial charge in [0.1, 0.15) is 11.5 Å². The molecule has 184 valence electrons. The van der Waals surface area contributed by atoms with E-state index in [-0.39, 0.29) is 5.78 Å². The van der Waals surface area contributed by atoms with Crippen LogP contribution < -0.4 is 20.5 Å². The summed E-state index contributed by atoms with van der Waals surface area (Å²) < 4.78 is 17.2. The van der Waals surface area contributed by atoms with Gasteiger partial charge in [0.15, 0.2) is 17.9 Å². The highest BCUT2D eigenvalue weighted by molar-refractivity contribution is 6.39. The lowest BCUT2D eigenvalue weighted by atomic mass is 9.79. The normalized spacial score (nSPS) is 11.1. The van der Waals surface area contributed by atoms with Crippen LogP contribution in [0.25, 0.3) is 11.3 Å². The molecule has 0 aliphatic carbocycles. The van der Waals surface area contributed by atoms with Gasteiger partial charge in [-0.2, -0.15) is 0 Å². The second kappa shape index (κ2) is 10.4. The summed E-state index contributed by atoms with van der Waals surface area (Å²) in [6.45, 7) is 7.68. The summed E-state index contributed by atoms with van der Waals surface area (Å²) in [6, 6.07) is 8.72. The molecule has 2 aromatic carbocycles.